The second-order valence-electron chi connectivity index (χ2n) is 4.90. The molecule has 5 nitrogen and oxygen atoms in total. The SMILES string of the molecule is CCc1cnc(CNC(=O)C2CCC(N)CC2)o1. The van der Waals surface area contributed by atoms with Crippen molar-refractivity contribution in [3.05, 3.63) is 17.8 Å². The van der Waals surface area contributed by atoms with E-state index >= 15 is 0 Å². The van der Waals surface area contributed by atoms with Crippen LogP contribution in [0.15, 0.2) is 10.6 Å². The van der Waals surface area contributed by atoms with Gasteiger partial charge in [-0.15, -0.1) is 0 Å². The number of rotatable bonds is 4. The zero-order chi connectivity index (χ0) is 13.0. The molecular weight excluding hydrogens is 230 g/mol. The highest BCUT2D eigenvalue weighted by Gasteiger charge is 2.24. The van der Waals surface area contributed by atoms with Crippen LogP contribution in [0.3, 0.4) is 0 Å². The lowest BCUT2D eigenvalue weighted by atomic mass is 9.86. The van der Waals surface area contributed by atoms with E-state index in [1.807, 2.05) is 6.92 Å². The van der Waals surface area contributed by atoms with Gasteiger partial charge in [-0.25, -0.2) is 4.98 Å². The fourth-order valence-electron chi connectivity index (χ4n) is 2.28. The lowest BCUT2D eigenvalue weighted by Crippen LogP contribution is -2.36. The molecule has 1 fully saturated rings. The van der Waals surface area contributed by atoms with Crippen LogP contribution in [0.25, 0.3) is 0 Å². The van der Waals surface area contributed by atoms with Gasteiger partial charge in [0.05, 0.1) is 12.7 Å². The first kappa shape index (κ1) is 13.1. The van der Waals surface area contributed by atoms with E-state index in [0.717, 1.165) is 37.9 Å². The van der Waals surface area contributed by atoms with Gasteiger partial charge in [0, 0.05) is 18.4 Å². The maximum Gasteiger partial charge on any atom is 0.223 e. The molecular formula is C13H21N3O2. The van der Waals surface area contributed by atoms with E-state index in [2.05, 4.69) is 10.3 Å². The number of hydrogen-bond donors (Lipinski definition) is 2. The van der Waals surface area contributed by atoms with E-state index in [9.17, 15) is 4.79 Å². The van der Waals surface area contributed by atoms with E-state index in [1.165, 1.54) is 0 Å². The van der Waals surface area contributed by atoms with Gasteiger partial charge in [0.25, 0.3) is 0 Å². The third-order valence-corrected chi connectivity index (χ3v) is 3.51. The summed E-state index contributed by atoms with van der Waals surface area (Å²) in [5.74, 6) is 1.62. The summed E-state index contributed by atoms with van der Waals surface area (Å²) in [6.07, 6.45) is 6.19. The molecule has 0 atom stereocenters. The average Bonchev–Trinajstić information content (AvgIpc) is 2.85. The molecule has 5 heteroatoms. The minimum absolute atomic E-state index is 0.0955. The second kappa shape index (κ2) is 6.00. The Bertz CT molecular complexity index is 395. The first-order valence-corrected chi connectivity index (χ1v) is 6.66. The van der Waals surface area contributed by atoms with Crippen molar-refractivity contribution in [2.75, 3.05) is 0 Å². The minimum Gasteiger partial charge on any atom is -0.444 e. The minimum atomic E-state index is 0.0955. The monoisotopic (exact) mass is 251 g/mol. The molecule has 1 aromatic rings. The van der Waals surface area contributed by atoms with Crippen molar-refractivity contribution in [3.63, 3.8) is 0 Å². The van der Waals surface area contributed by atoms with Crippen LogP contribution in [-0.4, -0.2) is 16.9 Å². The number of aromatic nitrogens is 1. The standard InChI is InChI=1S/C13H21N3O2/c1-2-11-7-15-12(18-11)8-16-13(17)9-3-5-10(14)6-4-9/h7,9-10H,2-6,8,14H2,1H3,(H,16,17). The van der Waals surface area contributed by atoms with Crippen LogP contribution in [0.4, 0.5) is 0 Å². The van der Waals surface area contributed by atoms with E-state index < -0.39 is 0 Å². The van der Waals surface area contributed by atoms with Gasteiger partial charge >= 0.3 is 0 Å². The fourth-order valence-corrected chi connectivity index (χ4v) is 2.28. The van der Waals surface area contributed by atoms with Crippen molar-refractivity contribution in [1.82, 2.24) is 10.3 Å². The summed E-state index contributed by atoms with van der Waals surface area (Å²) in [4.78, 5) is 16.0. The highest BCUT2D eigenvalue weighted by Crippen LogP contribution is 2.23. The van der Waals surface area contributed by atoms with Gasteiger partial charge in [0.2, 0.25) is 11.8 Å². The smallest absolute Gasteiger partial charge is 0.223 e. The quantitative estimate of drug-likeness (QED) is 0.847. The molecule has 1 amide bonds. The van der Waals surface area contributed by atoms with Crippen molar-refractivity contribution in [2.24, 2.45) is 11.7 Å². The molecule has 18 heavy (non-hydrogen) atoms. The predicted molar refractivity (Wildman–Crippen MR) is 67.7 cm³/mol. The molecule has 1 saturated carbocycles. The molecule has 0 radical (unpaired) electrons. The first-order valence-electron chi connectivity index (χ1n) is 6.66. The number of amides is 1. The highest BCUT2D eigenvalue weighted by molar-refractivity contribution is 5.78. The van der Waals surface area contributed by atoms with Crippen LogP contribution in [0.5, 0.6) is 0 Å². The van der Waals surface area contributed by atoms with Gasteiger partial charge in [-0.2, -0.15) is 0 Å². The summed E-state index contributed by atoms with van der Waals surface area (Å²) in [7, 11) is 0. The van der Waals surface area contributed by atoms with Gasteiger partial charge in [-0.05, 0) is 25.7 Å². The number of oxazole rings is 1. The second-order valence-corrected chi connectivity index (χ2v) is 4.90. The summed E-state index contributed by atoms with van der Waals surface area (Å²) in [5.41, 5.74) is 5.82. The largest absolute Gasteiger partial charge is 0.444 e. The lowest BCUT2D eigenvalue weighted by Gasteiger charge is -2.24. The highest BCUT2D eigenvalue weighted by atomic mass is 16.4. The normalized spacial score (nSPS) is 23.9. The Morgan fingerprint density at radius 1 is 1.50 bits per heavy atom. The number of carbonyl (C=O) groups excluding carboxylic acids is 1. The van der Waals surface area contributed by atoms with Crippen molar-refractivity contribution in [3.8, 4) is 0 Å². The van der Waals surface area contributed by atoms with Crippen LogP contribution in [-0.2, 0) is 17.8 Å². The molecule has 2 rings (SSSR count). The molecule has 3 N–H and O–H groups in total. The van der Waals surface area contributed by atoms with Crippen LogP contribution >= 0.6 is 0 Å². The summed E-state index contributed by atoms with van der Waals surface area (Å²) in [6, 6.07) is 0.271. The summed E-state index contributed by atoms with van der Waals surface area (Å²) in [5, 5.41) is 2.88. The van der Waals surface area contributed by atoms with E-state index in [0.29, 0.717) is 12.4 Å². The molecule has 0 spiro atoms. The van der Waals surface area contributed by atoms with E-state index in [1.54, 1.807) is 6.20 Å². The van der Waals surface area contributed by atoms with Gasteiger partial charge in [0.15, 0.2) is 0 Å². The topological polar surface area (TPSA) is 81.2 Å². The van der Waals surface area contributed by atoms with E-state index in [4.69, 9.17) is 10.2 Å². The predicted octanol–water partition coefficient (Wildman–Crippen LogP) is 1.37. The molecule has 0 saturated heterocycles. The Balaban J connectivity index is 1.77. The maximum atomic E-state index is 11.9. The van der Waals surface area contributed by atoms with Crippen LogP contribution < -0.4 is 11.1 Å². The third-order valence-electron chi connectivity index (χ3n) is 3.51. The molecule has 1 aromatic heterocycles. The molecule has 0 aromatic carbocycles. The summed E-state index contributed by atoms with van der Waals surface area (Å²) >= 11 is 0. The number of nitrogens with zero attached hydrogens (tertiary/aromatic N) is 1. The maximum absolute atomic E-state index is 11.9. The van der Waals surface area contributed by atoms with Crippen LogP contribution in [0.1, 0.15) is 44.3 Å². The zero-order valence-electron chi connectivity index (χ0n) is 10.8. The van der Waals surface area contributed by atoms with Gasteiger partial charge in [-0.3, -0.25) is 4.79 Å². The number of hydrogen-bond acceptors (Lipinski definition) is 4. The number of aryl methyl sites for hydroxylation is 1. The van der Waals surface area contributed by atoms with E-state index in [-0.39, 0.29) is 17.9 Å². The van der Waals surface area contributed by atoms with Crippen molar-refractivity contribution in [2.45, 2.75) is 51.6 Å². The summed E-state index contributed by atoms with van der Waals surface area (Å²) < 4.78 is 5.44. The van der Waals surface area contributed by atoms with Crippen molar-refractivity contribution < 1.29 is 9.21 Å². The Kier molecular flexibility index (Phi) is 4.36. The molecule has 0 unspecified atom stereocenters. The Morgan fingerprint density at radius 3 is 2.83 bits per heavy atom. The number of nitrogens with two attached hydrogens (primary N) is 1. The molecule has 0 aliphatic heterocycles. The fraction of sp³-hybridized carbons (Fsp3) is 0.692. The molecule has 1 aliphatic rings. The number of carbonyl (C=O) groups is 1. The third kappa shape index (κ3) is 3.32. The van der Waals surface area contributed by atoms with Gasteiger partial charge in [-0.1, -0.05) is 6.92 Å². The van der Waals surface area contributed by atoms with Crippen molar-refractivity contribution in [1.29, 1.82) is 0 Å². The molecule has 1 heterocycles. The first-order chi connectivity index (χ1) is 8.69. The van der Waals surface area contributed by atoms with Crippen LogP contribution in [0.2, 0.25) is 0 Å². The lowest BCUT2D eigenvalue weighted by molar-refractivity contribution is -0.126. The van der Waals surface area contributed by atoms with Crippen molar-refractivity contribution >= 4 is 5.91 Å². The molecule has 0 bridgehead atoms. The van der Waals surface area contributed by atoms with Gasteiger partial charge < -0.3 is 15.5 Å². The molecule has 1 aliphatic carbocycles. The number of nitrogens with one attached hydrogen (secondary N) is 1. The summed E-state index contributed by atoms with van der Waals surface area (Å²) in [6.45, 7) is 2.38. The Labute approximate surface area is 107 Å². The Morgan fingerprint density at radius 2 is 2.22 bits per heavy atom. The van der Waals surface area contributed by atoms with Gasteiger partial charge in [0.1, 0.15) is 5.76 Å². The van der Waals surface area contributed by atoms with Crippen LogP contribution in [0, 0.1) is 5.92 Å². The molecule has 100 valence electrons. The average molecular weight is 251 g/mol. The zero-order valence-corrected chi connectivity index (χ0v) is 10.8. The Hall–Kier alpha value is -1.36.